The number of nitrogens with zero attached hydrogens (tertiary/aromatic N) is 2. The minimum atomic E-state index is -0.382. The molecule has 0 N–H and O–H groups in total. The average Bonchev–Trinajstić information content (AvgIpc) is 3.05. The van der Waals surface area contributed by atoms with E-state index < -0.39 is 0 Å². The van der Waals surface area contributed by atoms with Gasteiger partial charge in [0.05, 0.1) is 7.11 Å². The Hall–Kier alpha value is -2.53. The third-order valence-corrected chi connectivity index (χ3v) is 3.48. The topological polar surface area (TPSA) is 57.4 Å². The van der Waals surface area contributed by atoms with Crippen LogP contribution in [0.5, 0.6) is 11.5 Å². The number of benzene rings is 2. The van der Waals surface area contributed by atoms with E-state index in [0.29, 0.717) is 22.5 Å². The Labute approximate surface area is 138 Å². The van der Waals surface area contributed by atoms with E-state index in [2.05, 4.69) is 10.1 Å². The molecule has 1 unspecified atom stereocenters. The van der Waals surface area contributed by atoms with Crippen molar-refractivity contribution >= 4 is 11.6 Å². The molecule has 0 aliphatic carbocycles. The highest BCUT2D eigenvalue weighted by Gasteiger charge is 2.17. The Morgan fingerprint density at radius 2 is 1.87 bits per heavy atom. The first kappa shape index (κ1) is 15.4. The van der Waals surface area contributed by atoms with Crippen molar-refractivity contribution < 1.29 is 14.0 Å². The lowest BCUT2D eigenvalue weighted by Crippen LogP contribution is -2.03. The molecule has 0 saturated carbocycles. The van der Waals surface area contributed by atoms with E-state index in [9.17, 15) is 0 Å². The number of ether oxygens (including phenoxy) is 2. The third kappa shape index (κ3) is 3.63. The minimum Gasteiger partial charge on any atom is -0.497 e. The van der Waals surface area contributed by atoms with E-state index in [1.807, 2.05) is 43.3 Å². The van der Waals surface area contributed by atoms with Crippen LogP contribution in [0.15, 0.2) is 53.1 Å². The van der Waals surface area contributed by atoms with Gasteiger partial charge in [0.15, 0.2) is 6.10 Å². The van der Waals surface area contributed by atoms with Gasteiger partial charge >= 0.3 is 0 Å². The summed E-state index contributed by atoms with van der Waals surface area (Å²) in [5, 5.41) is 4.60. The summed E-state index contributed by atoms with van der Waals surface area (Å²) in [7, 11) is 1.62. The second-order valence-electron chi connectivity index (χ2n) is 4.90. The molecule has 0 aliphatic heterocycles. The van der Waals surface area contributed by atoms with Crippen molar-refractivity contribution in [3.8, 4) is 22.9 Å². The Balaban J connectivity index is 1.75. The molecule has 2 aromatic carbocycles. The fourth-order valence-electron chi connectivity index (χ4n) is 2.05. The minimum absolute atomic E-state index is 0.382. The fourth-order valence-corrected chi connectivity index (χ4v) is 2.23. The number of hydrogen-bond donors (Lipinski definition) is 0. The molecule has 0 aliphatic rings. The summed E-state index contributed by atoms with van der Waals surface area (Å²) < 4.78 is 16.2. The van der Waals surface area contributed by atoms with Gasteiger partial charge in [0.25, 0.3) is 5.89 Å². The molecule has 3 aromatic rings. The molecule has 1 heterocycles. The summed E-state index contributed by atoms with van der Waals surface area (Å²) in [6, 6.07) is 14.6. The van der Waals surface area contributed by atoms with Gasteiger partial charge in [-0.15, -0.1) is 0 Å². The van der Waals surface area contributed by atoms with Crippen molar-refractivity contribution in [2.24, 2.45) is 0 Å². The maximum Gasteiger partial charge on any atom is 0.267 e. The van der Waals surface area contributed by atoms with Crippen LogP contribution in [-0.4, -0.2) is 17.3 Å². The van der Waals surface area contributed by atoms with Gasteiger partial charge < -0.3 is 14.0 Å². The van der Waals surface area contributed by atoms with Gasteiger partial charge in [0, 0.05) is 10.6 Å². The van der Waals surface area contributed by atoms with Gasteiger partial charge in [-0.25, -0.2) is 0 Å². The fraction of sp³-hybridized carbons (Fsp3) is 0.176. The third-order valence-electron chi connectivity index (χ3n) is 3.25. The predicted octanol–water partition coefficient (Wildman–Crippen LogP) is 4.54. The number of rotatable bonds is 5. The highest BCUT2D eigenvalue weighted by molar-refractivity contribution is 6.30. The highest BCUT2D eigenvalue weighted by atomic mass is 35.5. The highest BCUT2D eigenvalue weighted by Crippen LogP contribution is 2.25. The molecule has 0 bridgehead atoms. The lowest BCUT2D eigenvalue weighted by molar-refractivity contribution is 0.176. The lowest BCUT2D eigenvalue weighted by Gasteiger charge is -2.10. The van der Waals surface area contributed by atoms with Crippen LogP contribution in [-0.2, 0) is 0 Å². The molecule has 0 saturated heterocycles. The molecule has 1 atom stereocenters. The van der Waals surface area contributed by atoms with Gasteiger partial charge in [-0.05, 0) is 49.4 Å². The molecule has 118 valence electrons. The van der Waals surface area contributed by atoms with Crippen molar-refractivity contribution in [2.75, 3.05) is 7.11 Å². The van der Waals surface area contributed by atoms with Crippen molar-refractivity contribution in [3.05, 3.63) is 59.4 Å². The number of methoxy groups -OCH3 is 1. The molecule has 5 nitrogen and oxygen atoms in total. The zero-order valence-electron chi connectivity index (χ0n) is 12.7. The monoisotopic (exact) mass is 330 g/mol. The van der Waals surface area contributed by atoms with Gasteiger partial charge in [0.1, 0.15) is 11.5 Å². The van der Waals surface area contributed by atoms with Gasteiger partial charge in [-0.2, -0.15) is 4.98 Å². The van der Waals surface area contributed by atoms with Crippen LogP contribution >= 0.6 is 11.6 Å². The molecule has 0 spiro atoms. The predicted molar refractivity (Wildman–Crippen MR) is 86.8 cm³/mol. The van der Waals surface area contributed by atoms with Gasteiger partial charge in [0.2, 0.25) is 5.82 Å². The van der Waals surface area contributed by atoms with Crippen molar-refractivity contribution in [2.45, 2.75) is 13.0 Å². The van der Waals surface area contributed by atoms with Crippen LogP contribution in [0.25, 0.3) is 11.4 Å². The van der Waals surface area contributed by atoms with Crippen molar-refractivity contribution in [1.82, 2.24) is 10.1 Å². The number of halogens is 1. The first-order chi connectivity index (χ1) is 11.2. The first-order valence-electron chi connectivity index (χ1n) is 7.06. The molecular weight excluding hydrogens is 316 g/mol. The van der Waals surface area contributed by atoms with Crippen LogP contribution in [0.1, 0.15) is 18.9 Å². The van der Waals surface area contributed by atoms with Crippen LogP contribution < -0.4 is 9.47 Å². The summed E-state index contributed by atoms with van der Waals surface area (Å²) in [5.74, 6) is 2.32. The Morgan fingerprint density at radius 3 is 2.57 bits per heavy atom. The quantitative estimate of drug-likeness (QED) is 0.687. The van der Waals surface area contributed by atoms with Gasteiger partial charge in [-0.1, -0.05) is 22.8 Å². The van der Waals surface area contributed by atoms with E-state index in [4.69, 9.17) is 25.6 Å². The van der Waals surface area contributed by atoms with Crippen molar-refractivity contribution in [1.29, 1.82) is 0 Å². The summed E-state index contributed by atoms with van der Waals surface area (Å²) in [4.78, 5) is 4.38. The van der Waals surface area contributed by atoms with E-state index in [1.165, 1.54) is 0 Å². The van der Waals surface area contributed by atoms with Crippen molar-refractivity contribution in [3.63, 3.8) is 0 Å². The zero-order valence-corrected chi connectivity index (χ0v) is 13.4. The second-order valence-corrected chi connectivity index (χ2v) is 5.34. The smallest absolute Gasteiger partial charge is 0.267 e. The van der Waals surface area contributed by atoms with Crippen LogP contribution in [0.2, 0.25) is 5.02 Å². The molecule has 23 heavy (non-hydrogen) atoms. The maximum atomic E-state index is 5.94. The first-order valence-corrected chi connectivity index (χ1v) is 7.44. The maximum absolute atomic E-state index is 5.94. The van der Waals surface area contributed by atoms with E-state index in [-0.39, 0.29) is 6.10 Å². The van der Waals surface area contributed by atoms with Gasteiger partial charge in [-0.3, -0.25) is 0 Å². The summed E-state index contributed by atoms with van der Waals surface area (Å²) in [6.07, 6.45) is -0.382. The summed E-state index contributed by atoms with van der Waals surface area (Å²) in [5.41, 5.74) is 0.843. The summed E-state index contributed by atoms with van der Waals surface area (Å²) >= 11 is 5.94. The molecular formula is C17H15ClN2O3. The SMILES string of the molecule is COc1ccc(-c2noc(C(C)Oc3cccc(Cl)c3)n2)cc1. The Bertz CT molecular complexity index is 787. The molecule has 0 amide bonds. The van der Waals surface area contributed by atoms with Crippen LogP contribution in [0, 0.1) is 0 Å². The average molecular weight is 331 g/mol. The second kappa shape index (κ2) is 6.71. The largest absolute Gasteiger partial charge is 0.497 e. The normalized spacial score (nSPS) is 12.0. The Morgan fingerprint density at radius 1 is 1.09 bits per heavy atom. The molecule has 3 rings (SSSR count). The number of hydrogen-bond acceptors (Lipinski definition) is 5. The number of aromatic nitrogens is 2. The Kier molecular flexibility index (Phi) is 4.48. The molecule has 6 heteroatoms. The molecule has 0 radical (unpaired) electrons. The molecule has 0 fully saturated rings. The van der Waals surface area contributed by atoms with Crippen LogP contribution in [0.3, 0.4) is 0 Å². The lowest BCUT2D eigenvalue weighted by atomic mass is 10.2. The summed E-state index contributed by atoms with van der Waals surface area (Å²) in [6.45, 7) is 1.84. The van der Waals surface area contributed by atoms with Crippen LogP contribution in [0.4, 0.5) is 0 Å². The van der Waals surface area contributed by atoms with E-state index in [1.54, 1.807) is 19.2 Å². The van der Waals surface area contributed by atoms with E-state index in [0.717, 1.165) is 11.3 Å². The zero-order chi connectivity index (χ0) is 16.2. The molecule has 1 aromatic heterocycles. The standard InChI is InChI=1S/C17H15ClN2O3/c1-11(22-15-5-3-4-13(18)10-15)17-19-16(20-23-17)12-6-8-14(21-2)9-7-12/h3-11H,1-2H3. The van der Waals surface area contributed by atoms with E-state index >= 15 is 0 Å².